The smallest absolute Gasteiger partial charge is 0.224 e. The van der Waals surface area contributed by atoms with Gasteiger partial charge in [0.1, 0.15) is 0 Å². The number of carbonyl (C=O) groups excluding carboxylic acids is 1. The summed E-state index contributed by atoms with van der Waals surface area (Å²) in [5, 5.41) is 6.21. The molecule has 6 heteroatoms. The van der Waals surface area contributed by atoms with Crippen LogP contribution in [0.3, 0.4) is 0 Å². The minimum atomic E-state index is 0.00394. The number of aryl methyl sites for hydroxylation is 2. The number of nitrogens with zero attached hydrogens (tertiary/aromatic N) is 2. The van der Waals surface area contributed by atoms with E-state index in [0.29, 0.717) is 25.3 Å². The van der Waals surface area contributed by atoms with Gasteiger partial charge in [0.2, 0.25) is 11.9 Å². The van der Waals surface area contributed by atoms with Crippen LogP contribution >= 0.6 is 11.8 Å². The number of amides is 1. The van der Waals surface area contributed by atoms with E-state index in [2.05, 4.69) is 32.7 Å². The first kappa shape index (κ1) is 19.9. The maximum atomic E-state index is 12.4. The van der Waals surface area contributed by atoms with Crippen molar-refractivity contribution in [2.24, 2.45) is 0 Å². The summed E-state index contributed by atoms with van der Waals surface area (Å²) in [5.74, 6) is 0.617. The minimum Gasteiger partial charge on any atom is -0.354 e. The zero-order chi connectivity index (χ0) is 19.8. The summed E-state index contributed by atoms with van der Waals surface area (Å²) in [4.78, 5) is 23.2. The maximum absolute atomic E-state index is 12.4. The lowest BCUT2D eigenvalue weighted by molar-refractivity contribution is -0.116. The molecule has 1 heterocycles. The van der Waals surface area contributed by atoms with Crippen molar-refractivity contribution in [3.05, 3.63) is 72.1 Å². The van der Waals surface area contributed by atoms with Crippen LogP contribution in [0.5, 0.6) is 0 Å². The third kappa shape index (κ3) is 6.09. The van der Waals surface area contributed by atoms with Gasteiger partial charge in [-0.1, -0.05) is 42.1 Å². The monoisotopic (exact) mass is 392 g/mol. The van der Waals surface area contributed by atoms with Crippen molar-refractivity contribution in [3.8, 4) is 0 Å². The van der Waals surface area contributed by atoms with E-state index < -0.39 is 0 Å². The van der Waals surface area contributed by atoms with Gasteiger partial charge < -0.3 is 10.6 Å². The van der Waals surface area contributed by atoms with Gasteiger partial charge in [-0.25, -0.2) is 9.97 Å². The maximum Gasteiger partial charge on any atom is 0.224 e. The second-order valence-electron chi connectivity index (χ2n) is 6.46. The molecule has 3 aromatic rings. The number of hydrogen-bond donors (Lipinski definition) is 2. The Labute approximate surface area is 170 Å². The highest BCUT2D eigenvalue weighted by molar-refractivity contribution is 7.99. The number of carbonyl (C=O) groups is 1. The molecule has 0 radical (unpaired) electrons. The van der Waals surface area contributed by atoms with Gasteiger partial charge in [-0.15, -0.1) is 0 Å². The van der Waals surface area contributed by atoms with Crippen molar-refractivity contribution in [2.45, 2.75) is 36.5 Å². The van der Waals surface area contributed by atoms with Crippen LogP contribution in [0.1, 0.15) is 24.2 Å². The number of para-hydroxylation sites is 1. The van der Waals surface area contributed by atoms with Gasteiger partial charge in [0.25, 0.3) is 0 Å². The van der Waals surface area contributed by atoms with E-state index in [1.165, 1.54) is 0 Å². The molecule has 28 heavy (non-hydrogen) atoms. The Morgan fingerprint density at radius 3 is 2.39 bits per heavy atom. The van der Waals surface area contributed by atoms with Crippen molar-refractivity contribution in [1.29, 1.82) is 0 Å². The summed E-state index contributed by atoms with van der Waals surface area (Å²) in [6.07, 6.45) is 1.14. The molecular weight excluding hydrogens is 368 g/mol. The van der Waals surface area contributed by atoms with Gasteiger partial charge in [-0.3, -0.25) is 4.79 Å². The standard InChI is InChI=1S/C22H24N4OS/c1-16-15-17(2)25-22(24-16)23-14-8-13-21(27)26-19-11-6-7-12-20(19)28-18-9-4-3-5-10-18/h3-7,9-12,15H,8,13-14H2,1-2H3,(H,26,27)(H,23,24,25). The quantitative estimate of drug-likeness (QED) is 0.524. The molecule has 0 aliphatic heterocycles. The molecule has 0 spiro atoms. The predicted octanol–water partition coefficient (Wildman–Crippen LogP) is 5.08. The van der Waals surface area contributed by atoms with E-state index in [4.69, 9.17) is 0 Å². The van der Waals surface area contributed by atoms with Crippen molar-refractivity contribution in [3.63, 3.8) is 0 Å². The second-order valence-corrected chi connectivity index (χ2v) is 7.58. The first-order valence-corrected chi connectivity index (χ1v) is 10.1. The van der Waals surface area contributed by atoms with Gasteiger partial charge in [-0.2, -0.15) is 0 Å². The molecule has 1 amide bonds. The average Bonchev–Trinajstić information content (AvgIpc) is 2.67. The summed E-state index contributed by atoms with van der Waals surface area (Å²) >= 11 is 1.64. The highest BCUT2D eigenvalue weighted by atomic mass is 32.2. The normalized spacial score (nSPS) is 10.5. The van der Waals surface area contributed by atoms with Crippen LogP contribution in [-0.2, 0) is 4.79 Å². The number of anilines is 2. The molecular formula is C22H24N4OS. The topological polar surface area (TPSA) is 66.9 Å². The average molecular weight is 393 g/mol. The number of hydrogen-bond acceptors (Lipinski definition) is 5. The molecule has 0 aliphatic carbocycles. The van der Waals surface area contributed by atoms with E-state index in [1.807, 2.05) is 62.4 Å². The second kappa shape index (κ2) is 9.90. The Bertz CT molecular complexity index is 911. The Morgan fingerprint density at radius 1 is 0.964 bits per heavy atom. The zero-order valence-corrected chi connectivity index (χ0v) is 16.9. The fourth-order valence-corrected chi connectivity index (χ4v) is 3.66. The summed E-state index contributed by atoms with van der Waals surface area (Å²) < 4.78 is 0. The van der Waals surface area contributed by atoms with E-state index in [1.54, 1.807) is 11.8 Å². The number of rotatable bonds is 8. The molecule has 0 unspecified atom stereocenters. The molecule has 5 nitrogen and oxygen atoms in total. The Balaban J connectivity index is 1.49. The minimum absolute atomic E-state index is 0.00394. The molecule has 0 saturated heterocycles. The summed E-state index contributed by atoms with van der Waals surface area (Å²) in [5.41, 5.74) is 2.70. The predicted molar refractivity (Wildman–Crippen MR) is 115 cm³/mol. The molecule has 3 rings (SSSR count). The fraction of sp³-hybridized carbons (Fsp3) is 0.227. The summed E-state index contributed by atoms with van der Waals surface area (Å²) in [6.45, 7) is 4.53. The van der Waals surface area contributed by atoms with Crippen LogP contribution in [-0.4, -0.2) is 22.4 Å². The molecule has 0 aliphatic rings. The Hall–Kier alpha value is -2.86. The third-order valence-corrected chi connectivity index (χ3v) is 5.06. The van der Waals surface area contributed by atoms with E-state index in [9.17, 15) is 4.79 Å². The van der Waals surface area contributed by atoms with Crippen LogP contribution in [0.2, 0.25) is 0 Å². The first-order valence-electron chi connectivity index (χ1n) is 9.28. The van der Waals surface area contributed by atoms with Crippen molar-refractivity contribution < 1.29 is 4.79 Å². The van der Waals surface area contributed by atoms with Crippen molar-refractivity contribution >= 4 is 29.3 Å². The molecule has 1 aromatic heterocycles. The summed E-state index contributed by atoms with van der Waals surface area (Å²) in [6, 6.07) is 19.9. The van der Waals surface area contributed by atoms with E-state index in [-0.39, 0.29) is 5.91 Å². The first-order chi connectivity index (χ1) is 13.6. The SMILES string of the molecule is Cc1cc(C)nc(NCCCC(=O)Nc2ccccc2Sc2ccccc2)n1. The molecule has 0 atom stereocenters. The van der Waals surface area contributed by atoms with Gasteiger partial charge in [-0.05, 0) is 50.6 Å². The van der Waals surface area contributed by atoms with Gasteiger partial charge in [0.05, 0.1) is 5.69 Å². The highest BCUT2D eigenvalue weighted by Gasteiger charge is 2.08. The third-order valence-electron chi connectivity index (χ3n) is 3.98. The fourth-order valence-electron chi connectivity index (χ4n) is 2.74. The lowest BCUT2D eigenvalue weighted by Gasteiger charge is -2.11. The van der Waals surface area contributed by atoms with Crippen LogP contribution < -0.4 is 10.6 Å². The van der Waals surface area contributed by atoms with Gasteiger partial charge in [0, 0.05) is 34.1 Å². The van der Waals surface area contributed by atoms with Crippen LogP contribution in [0.4, 0.5) is 11.6 Å². The van der Waals surface area contributed by atoms with E-state index in [0.717, 1.165) is 26.9 Å². The van der Waals surface area contributed by atoms with Crippen LogP contribution in [0, 0.1) is 13.8 Å². The van der Waals surface area contributed by atoms with Gasteiger partial charge >= 0.3 is 0 Å². The molecule has 0 saturated carbocycles. The molecule has 0 fully saturated rings. The van der Waals surface area contributed by atoms with Gasteiger partial charge in [0.15, 0.2) is 0 Å². The van der Waals surface area contributed by atoms with Crippen LogP contribution in [0.25, 0.3) is 0 Å². The van der Waals surface area contributed by atoms with Crippen molar-refractivity contribution in [1.82, 2.24) is 9.97 Å². The van der Waals surface area contributed by atoms with E-state index >= 15 is 0 Å². The molecule has 2 aromatic carbocycles. The molecule has 0 bridgehead atoms. The lowest BCUT2D eigenvalue weighted by Crippen LogP contribution is -2.14. The highest BCUT2D eigenvalue weighted by Crippen LogP contribution is 2.33. The molecule has 2 N–H and O–H groups in total. The zero-order valence-electron chi connectivity index (χ0n) is 16.1. The lowest BCUT2D eigenvalue weighted by atomic mass is 10.2. The number of benzene rings is 2. The molecule has 144 valence electrons. The van der Waals surface area contributed by atoms with Crippen molar-refractivity contribution in [2.75, 3.05) is 17.2 Å². The Kier molecular flexibility index (Phi) is 7.03. The Morgan fingerprint density at radius 2 is 1.64 bits per heavy atom. The van der Waals surface area contributed by atoms with Crippen LogP contribution in [0.15, 0.2) is 70.5 Å². The number of aromatic nitrogens is 2. The summed E-state index contributed by atoms with van der Waals surface area (Å²) in [7, 11) is 0. The largest absolute Gasteiger partial charge is 0.354 e. The number of nitrogens with one attached hydrogen (secondary N) is 2.